The third-order valence-corrected chi connectivity index (χ3v) is 4.88. The van der Waals surface area contributed by atoms with Crippen LogP contribution in [0.15, 0.2) is 0 Å². The zero-order valence-corrected chi connectivity index (χ0v) is 11.6. The number of carboxylic acid groups (broad SMARTS) is 1. The summed E-state index contributed by atoms with van der Waals surface area (Å²) in [5, 5.41) is 8.49. The Bertz CT molecular complexity index is 373. The highest BCUT2D eigenvalue weighted by Gasteiger charge is 2.32. The fourth-order valence-electron chi connectivity index (χ4n) is 1.95. The summed E-state index contributed by atoms with van der Waals surface area (Å²) in [5.41, 5.74) is 0. The first-order chi connectivity index (χ1) is 8.33. The molecule has 0 unspecified atom stereocenters. The van der Waals surface area contributed by atoms with Crippen LogP contribution in [-0.4, -0.2) is 44.0 Å². The van der Waals surface area contributed by atoms with Gasteiger partial charge >= 0.3 is 5.97 Å². The maximum Gasteiger partial charge on any atom is 0.321 e. The summed E-state index contributed by atoms with van der Waals surface area (Å²) in [5.74, 6) is -1.01. The van der Waals surface area contributed by atoms with E-state index in [1.165, 1.54) is 0 Å². The lowest BCUT2D eigenvalue weighted by Gasteiger charge is -2.25. The van der Waals surface area contributed by atoms with Crippen LogP contribution in [0.1, 0.15) is 33.1 Å². The van der Waals surface area contributed by atoms with Crippen molar-refractivity contribution in [3.8, 4) is 0 Å². The summed E-state index contributed by atoms with van der Waals surface area (Å²) < 4.78 is 31.5. The van der Waals surface area contributed by atoms with Gasteiger partial charge in [-0.05, 0) is 25.2 Å². The van der Waals surface area contributed by atoms with E-state index < -0.39 is 27.3 Å². The molecule has 1 aliphatic heterocycles. The van der Waals surface area contributed by atoms with E-state index in [1.54, 1.807) is 0 Å². The third kappa shape index (κ3) is 4.55. The van der Waals surface area contributed by atoms with Gasteiger partial charge in [0.05, 0.1) is 5.25 Å². The molecule has 0 aromatic rings. The minimum Gasteiger partial charge on any atom is -0.480 e. The molecule has 0 spiro atoms. The highest BCUT2D eigenvalue weighted by atomic mass is 32.2. The summed E-state index contributed by atoms with van der Waals surface area (Å²) in [6.45, 7) is 4.54. The summed E-state index contributed by atoms with van der Waals surface area (Å²) in [7, 11) is -3.58. The van der Waals surface area contributed by atoms with Crippen molar-refractivity contribution in [3.05, 3.63) is 0 Å². The van der Waals surface area contributed by atoms with E-state index in [4.69, 9.17) is 9.84 Å². The van der Waals surface area contributed by atoms with Crippen molar-refractivity contribution < 1.29 is 23.1 Å². The van der Waals surface area contributed by atoms with Gasteiger partial charge in [0.15, 0.2) is 0 Å². The molecule has 1 aliphatic rings. The normalized spacial score (nSPS) is 19.9. The van der Waals surface area contributed by atoms with E-state index in [0.717, 1.165) is 0 Å². The Kier molecular flexibility index (Phi) is 5.55. The maximum absolute atomic E-state index is 12.1. The van der Waals surface area contributed by atoms with Gasteiger partial charge in [-0.25, -0.2) is 13.1 Å². The van der Waals surface area contributed by atoms with Gasteiger partial charge in [-0.3, -0.25) is 4.79 Å². The largest absolute Gasteiger partial charge is 0.480 e. The number of hydrogen-bond donors (Lipinski definition) is 2. The smallest absolute Gasteiger partial charge is 0.321 e. The fraction of sp³-hybridized carbons (Fsp3) is 0.909. The molecule has 0 aromatic heterocycles. The van der Waals surface area contributed by atoms with Crippen molar-refractivity contribution in [2.75, 3.05) is 13.2 Å². The van der Waals surface area contributed by atoms with Crippen LogP contribution in [0.2, 0.25) is 0 Å². The molecule has 1 heterocycles. The van der Waals surface area contributed by atoms with Crippen LogP contribution in [-0.2, 0) is 19.6 Å². The van der Waals surface area contributed by atoms with Gasteiger partial charge in [0.2, 0.25) is 10.0 Å². The van der Waals surface area contributed by atoms with Crippen LogP contribution in [0.5, 0.6) is 0 Å². The number of carboxylic acids is 1. The van der Waals surface area contributed by atoms with E-state index in [-0.39, 0.29) is 12.3 Å². The van der Waals surface area contributed by atoms with Gasteiger partial charge in [0.1, 0.15) is 6.04 Å². The van der Waals surface area contributed by atoms with Gasteiger partial charge in [-0.2, -0.15) is 0 Å². The van der Waals surface area contributed by atoms with E-state index in [0.29, 0.717) is 26.1 Å². The van der Waals surface area contributed by atoms with E-state index in [2.05, 4.69) is 4.72 Å². The van der Waals surface area contributed by atoms with E-state index in [1.807, 2.05) is 13.8 Å². The van der Waals surface area contributed by atoms with Gasteiger partial charge in [-0.1, -0.05) is 13.8 Å². The zero-order valence-electron chi connectivity index (χ0n) is 10.8. The number of ether oxygens (including phenoxy) is 1. The minimum absolute atomic E-state index is 0.114. The monoisotopic (exact) mass is 279 g/mol. The Labute approximate surface area is 108 Å². The second-order valence-electron chi connectivity index (χ2n) is 4.99. The molecule has 1 fully saturated rings. The standard InChI is InChI=1S/C11H21NO5S/c1-8(2)7-10(11(13)14)12-18(15,16)9-3-5-17-6-4-9/h8-10,12H,3-7H2,1-2H3,(H,13,14)/t10-/m0/s1. The average molecular weight is 279 g/mol. The molecular formula is C11H21NO5S. The Morgan fingerprint density at radius 3 is 2.39 bits per heavy atom. The molecule has 6 nitrogen and oxygen atoms in total. The lowest BCUT2D eigenvalue weighted by molar-refractivity contribution is -0.139. The Balaban J connectivity index is 2.68. The molecule has 0 aromatic carbocycles. The first-order valence-electron chi connectivity index (χ1n) is 6.14. The van der Waals surface area contributed by atoms with Gasteiger partial charge < -0.3 is 9.84 Å². The second-order valence-corrected chi connectivity index (χ2v) is 6.99. The topological polar surface area (TPSA) is 92.7 Å². The molecule has 1 rings (SSSR count). The molecule has 1 saturated heterocycles. The summed E-state index contributed by atoms with van der Waals surface area (Å²) in [6, 6.07) is -1.04. The third-order valence-electron chi connectivity index (χ3n) is 2.92. The Hall–Kier alpha value is -0.660. The van der Waals surface area contributed by atoms with Crippen LogP contribution >= 0.6 is 0 Å². The number of rotatable bonds is 6. The zero-order chi connectivity index (χ0) is 13.8. The molecule has 0 radical (unpaired) electrons. The van der Waals surface area contributed by atoms with E-state index in [9.17, 15) is 13.2 Å². The first-order valence-corrected chi connectivity index (χ1v) is 7.69. The molecule has 7 heteroatoms. The minimum atomic E-state index is -3.58. The maximum atomic E-state index is 12.1. The van der Waals surface area contributed by atoms with Crippen molar-refractivity contribution in [1.29, 1.82) is 0 Å². The molecule has 0 saturated carbocycles. The molecule has 106 valence electrons. The van der Waals surface area contributed by atoms with Gasteiger partial charge in [0, 0.05) is 13.2 Å². The van der Waals surface area contributed by atoms with Crippen molar-refractivity contribution in [1.82, 2.24) is 4.72 Å². The van der Waals surface area contributed by atoms with Crippen LogP contribution in [0.3, 0.4) is 0 Å². The predicted molar refractivity (Wildman–Crippen MR) is 66.8 cm³/mol. The van der Waals surface area contributed by atoms with Crippen LogP contribution in [0.25, 0.3) is 0 Å². The number of hydrogen-bond acceptors (Lipinski definition) is 4. The number of aliphatic carboxylic acids is 1. The SMILES string of the molecule is CC(C)C[C@H](NS(=O)(=O)C1CCOCC1)C(=O)O. The van der Waals surface area contributed by atoms with Crippen molar-refractivity contribution in [2.45, 2.75) is 44.4 Å². The van der Waals surface area contributed by atoms with E-state index >= 15 is 0 Å². The molecular weight excluding hydrogens is 258 g/mol. The molecule has 1 atom stereocenters. The quantitative estimate of drug-likeness (QED) is 0.742. The van der Waals surface area contributed by atoms with Crippen LogP contribution < -0.4 is 4.72 Å². The number of sulfonamides is 1. The van der Waals surface area contributed by atoms with Gasteiger partial charge in [0.25, 0.3) is 0 Å². The van der Waals surface area contributed by atoms with Gasteiger partial charge in [-0.15, -0.1) is 0 Å². The molecule has 18 heavy (non-hydrogen) atoms. The Morgan fingerprint density at radius 2 is 1.94 bits per heavy atom. The van der Waals surface area contributed by atoms with Crippen molar-refractivity contribution >= 4 is 16.0 Å². The first kappa shape index (κ1) is 15.4. The van der Waals surface area contributed by atoms with Crippen molar-refractivity contribution in [3.63, 3.8) is 0 Å². The number of carbonyl (C=O) groups is 1. The summed E-state index contributed by atoms with van der Waals surface area (Å²) in [4.78, 5) is 11.0. The highest BCUT2D eigenvalue weighted by molar-refractivity contribution is 7.90. The predicted octanol–water partition coefficient (Wildman–Crippen LogP) is 0.584. The molecule has 2 N–H and O–H groups in total. The average Bonchev–Trinajstić information content (AvgIpc) is 2.28. The molecule has 0 bridgehead atoms. The summed E-state index contributed by atoms with van der Waals surface area (Å²) >= 11 is 0. The Morgan fingerprint density at radius 1 is 1.39 bits per heavy atom. The summed E-state index contributed by atoms with van der Waals surface area (Å²) in [6.07, 6.45) is 1.13. The molecule has 0 aliphatic carbocycles. The highest BCUT2D eigenvalue weighted by Crippen LogP contribution is 2.16. The second kappa shape index (κ2) is 6.49. The number of nitrogens with one attached hydrogen (secondary N) is 1. The van der Waals surface area contributed by atoms with Crippen LogP contribution in [0, 0.1) is 5.92 Å². The van der Waals surface area contributed by atoms with Crippen molar-refractivity contribution in [2.24, 2.45) is 5.92 Å². The lowest BCUT2D eigenvalue weighted by Crippen LogP contribution is -2.47. The lowest BCUT2D eigenvalue weighted by atomic mass is 10.1. The fourth-order valence-corrected chi connectivity index (χ4v) is 3.55. The molecule has 0 amide bonds. The van der Waals surface area contributed by atoms with Crippen LogP contribution in [0.4, 0.5) is 0 Å².